The molecule has 2 rings (SSSR count). The summed E-state index contributed by atoms with van der Waals surface area (Å²) in [6, 6.07) is 10.8. The van der Waals surface area contributed by atoms with Gasteiger partial charge in [-0.1, -0.05) is 0 Å². The summed E-state index contributed by atoms with van der Waals surface area (Å²) in [5, 5.41) is 23.0. The third kappa shape index (κ3) is 3.54. The molecule has 6 heteroatoms. The number of hydrogen-bond donors (Lipinski definition) is 3. The summed E-state index contributed by atoms with van der Waals surface area (Å²) >= 11 is 0. The fourth-order valence-corrected chi connectivity index (χ4v) is 1.79. The number of ether oxygens (including phenoxy) is 1. The lowest BCUT2D eigenvalue weighted by Gasteiger charge is -2.06. The van der Waals surface area contributed by atoms with Crippen molar-refractivity contribution in [3.63, 3.8) is 0 Å². The number of benzene rings is 2. The molecule has 0 unspecified atom stereocenters. The first-order chi connectivity index (χ1) is 10.5. The molecule has 0 atom stereocenters. The van der Waals surface area contributed by atoms with Gasteiger partial charge in [-0.25, -0.2) is 5.43 Å². The molecule has 0 fully saturated rings. The zero-order valence-corrected chi connectivity index (χ0v) is 12.2. The van der Waals surface area contributed by atoms with Gasteiger partial charge < -0.3 is 14.9 Å². The average molecular weight is 300 g/mol. The van der Waals surface area contributed by atoms with Crippen LogP contribution in [0.1, 0.15) is 22.8 Å². The Morgan fingerprint density at radius 2 is 1.82 bits per heavy atom. The Morgan fingerprint density at radius 3 is 2.41 bits per heavy atom. The maximum atomic E-state index is 12.0. The Kier molecular flexibility index (Phi) is 4.63. The number of phenols is 2. The highest BCUT2D eigenvalue weighted by atomic mass is 16.5. The van der Waals surface area contributed by atoms with E-state index in [-0.39, 0.29) is 17.1 Å². The lowest BCUT2D eigenvalue weighted by atomic mass is 10.1. The molecule has 0 aromatic heterocycles. The minimum atomic E-state index is -0.529. The van der Waals surface area contributed by atoms with E-state index in [9.17, 15) is 15.0 Å². The molecule has 22 heavy (non-hydrogen) atoms. The third-order valence-corrected chi connectivity index (χ3v) is 3.06. The summed E-state index contributed by atoms with van der Waals surface area (Å²) in [7, 11) is 1.47. The van der Waals surface area contributed by atoms with Gasteiger partial charge in [0.25, 0.3) is 5.91 Å². The lowest BCUT2D eigenvalue weighted by molar-refractivity contribution is 0.0952. The molecule has 0 aliphatic heterocycles. The van der Waals surface area contributed by atoms with E-state index in [2.05, 4.69) is 10.5 Å². The Morgan fingerprint density at radius 1 is 1.14 bits per heavy atom. The smallest absolute Gasteiger partial charge is 0.275 e. The van der Waals surface area contributed by atoms with Gasteiger partial charge in [0.2, 0.25) is 0 Å². The van der Waals surface area contributed by atoms with E-state index in [0.29, 0.717) is 11.5 Å². The molecule has 0 aliphatic rings. The van der Waals surface area contributed by atoms with E-state index < -0.39 is 5.91 Å². The van der Waals surface area contributed by atoms with Crippen LogP contribution in [0.15, 0.2) is 47.6 Å². The number of carbonyl (C=O) groups is 1. The van der Waals surface area contributed by atoms with Crippen molar-refractivity contribution < 1.29 is 19.7 Å². The van der Waals surface area contributed by atoms with E-state index in [0.717, 1.165) is 5.56 Å². The SMILES string of the molecule is COc1ccc(C(=O)N/N=C(/C)c2ccc(O)cc2)c(O)c1. The van der Waals surface area contributed by atoms with Crippen LogP contribution in [0.4, 0.5) is 0 Å². The number of nitrogens with zero attached hydrogens (tertiary/aromatic N) is 1. The number of carbonyl (C=O) groups excluding carboxylic acids is 1. The predicted octanol–water partition coefficient (Wildman–Crippen LogP) is 2.26. The fourth-order valence-electron chi connectivity index (χ4n) is 1.79. The number of rotatable bonds is 4. The van der Waals surface area contributed by atoms with Crippen LogP contribution in [-0.2, 0) is 0 Å². The molecule has 3 N–H and O–H groups in total. The topological polar surface area (TPSA) is 91.2 Å². The maximum absolute atomic E-state index is 12.0. The molecule has 114 valence electrons. The van der Waals surface area contributed by atoms with E-state index >= 15 is 0 Å². The second-order valence-electron chi connectivity index (χ2n) is 4.57. The van der Waals surface area contributed by atoms with Gasteiger partial charge in [-0.05, 0) is 48.9 Å². The number of hydrazone groups is 1. The molecule has 0 radical (unpaired) electrons. The molecule has 0 aliphatic carbocycles. The highest BCUT2D eigenvalue weighted by molar-refractivity contribution is 6.01. The van der Waals surface area contributed by atoms with Crippen LogP contribution in [0.3, 0.4) is 0 Å². The van der Waals surface area contributed by atoms with Gasteiger partial charge in [-0.2, -0.15) is 5.10 Å². The standard InChI is InChI=1S/C16H16N2O4/c1-10(11-3-5-12(19)6-4-11)17-18-16(21)14-8-7-13(22-2)9-15(14)20/h3-9,19-20H,1-2H3,(H,18,21)/b17-10-. The number of amides is 1. The predicted molar refractivity (Wildman–Crippen MR) is 82.4 cm³/mol. The van der Waals surface area contributed by atoms with Crippen molar-refractivity contribution >= 4 is 11.6 Å². The summed E-state index contributed by atoms with van der Waals surface area (Å²) in [6.07, 6.45) is 0. The van der Waals surface area contributed by atoms with Crippen LogP contribution in [0.2, 0.25) is 0 Å². The number of nitrogens with one attached hydrogen (secondary N) is 1. The minimum Gasteiger partial charge on any atom is -0.508 e. The molecule has 0 saturated carbocycles. The van der Waals surface area contributed by atoms with Crippen LogP contribution in [-0.4, -0.2) is 28.9 Å². The van der Waals surface area contributed by atoms with Gasteiger partial charge >= 0.3 is 0 Å². The average Bonchev–Trinajstić information content (AvgIpc) is 2.52. The van der Waals surface area contributed by atoms with Crippen LogP contribution >= 0.6 is 0 Å². The Hall–Kier alpha value is -3.02. The molecule has 0 saturated heterocycles. The Labute approximate surface area is 127 Å². The lowest BCUT2D eigenvalue weighted by Crippen LogP contribution is -2.19. The first-order valence-corrected chi connectivity index (χ1v) is 6.52. The fraction of sp³-hybridized carbons (Fsp3) is 0.125. The zero-order chi connectivity index (χ0) is 16.1. The van der Waals surface area contributed by atoms with Gasteiger partial charge in [0.05, 0.1) is 18.4 Å². The van der Waals surface area contributed by atoms with Crippen LogP contribution in [0.5, 0.6) is 17.2 Å². The zero-order valence-electron chi connectivity index (χ0n) is 12.2. The van der Waals surface area contributed by atoms with Gasteiger partial charge in [0.1, 0.15) is 17.2 Å². The van der Waals surface area contributed by atoms with Crippen LogP contribution in [0, 0.1) is 0 Å². The van der Waals surface area contributed by atoms with E-state index in [4.69, 9.17) is 4.74 Å². The minimum absolute atomic E-state index is 0.100. The number of methoxy groups -OCH3 is 1. The number of phenolic OH excluding ortho intramolecular Hbond substituents is 2. The van der Waals surface area contributed by atoms with Crippen LogP contribution in [0.25, 0.3) is 0 Å². The summed E-state index contributed by atoms with van der Waals surface area (Å²) in [5.74, 6) is -0.103. The molecule has 2 aromatic rings. The number of aromatic hydroxyl groups is 2. The molecule has 0 bridgehead atoms. The Balaban J connectivity index is 2.11. The third-order valence-electron chi connectivity index (χ3n) is 3.06. The van der Waals surface area contributed by atoms with Crippen molar-refractivity contribution in [3.8, 4) is 17.2 Å². The normalized spacial score (nSPS) is 11.1. The quantitative estimate of drug-likeness (QED) is 0.596. The molecule has 1 amide bonds. The van der Waals surface area contributed by atoms with Crippen molar-refractivity contribution in [1.29, 1.82) is 0 Å². The monoisotopic (exact) mass is 300 g/mol. The molecular weight excluding hydrogens is 284 g/mol. The van der Waals surface area contributed by atoms with Gasteiger partial charge in [0, 0.05) is 6.07 Å². The van der Waals surface area contributed by atoms with Crippen molar-refractivity contribution in [2.75, 3.05) is 7.11 Å². The van der Waals surface area contributed by atoms with E-state index in [1.807, 2.05) is 0 Å². The van der Waals surface area contributed by atoms with Crippen molar-refractivity contribution in [2.45, 2.75) is 6.92 Å². The molecule has 6 nitrogen and oxygen atoms in total. The molecule has 0 heterocycles. The van der Waals surface area contributed by atoms with Gasteiger partial charge in [-0.15, -0.1) is 0 Å². The van der Waals surface area contributed by atoms with E-state index in [1.54, 1.807) is 25.1 Å². The van der Waals surface area contributed by atoms with Crippen molar-refractivity contribution in [2.24, 2.45) is 5.10 Å². The molecule has 0 spiro atoms. The summed E-state index contributed by atoms with van der Waals surface area (Å²) in [4.78, 5) is 12.0. The summed E-state index contributed by atoms with van der Waals surface area (Å²) < 4.78 is 4.96. The largest absolute Gasteiger partial charge is 0.508 e. The van der Waals surface area contributed by atoms with Crippen molar-refractivity contribution in [3.05, 3.63) is 53.6 Å². The summed E-state index contributed by atoms with van der Waals surface area (Å²) in [5.41, 5.74) is 3.81. The Bertz CT molecular complexity index is 709. The number of hydrogen-bond acceptors (Lipinski definition) is 5. The molecular formula is C16H16N2O4. The highest BCUT2D eigenvalue weighted by Gasteiger charge is 2.11. The maximum Gasteiger partial charge on any atom is 0.275 e. The van der Waals surface area contributed by atoms with Gasteiger partial charge in [0.15, 0.2) is 0 Å². The summed E-state index contributed by atoms with van der Waals surface area (Å²) in [6.45, 7) is 1.72. The van der Waals surface area contributed by atoms with Crippen molar-refractivity contribution in [1.82, 2.24) is 5.43 Å². The first kappa shape index (κ1) is 15.4. The second kappa shape index (κ2) is 6.62. The van der Waals surface area contributed by atoms with Gasteiger partial charge in [-0.3, -0.25) is 4.79 Å². The molecule has 2 aromatic carbocycles. The van der Waals surface area contributed by atoms with E-state index in [1.165, 1.54) is 31.4 Å². The highest BCUT2D eigenvalue weighted by Crippen LogP contribution is 2.23. The first-order valence-electron chi connectivity index (χ1n) is 6.52. The van der Waals surface area contributed by atoms with Crippen LogP contribution < -0.4 is 10.2 Å². The second-order valence-corrected chi connectivity index (χ2v) is 4.57.